The van der Waals surface area contributed by atoms with E-state index >= 15 is 0 Å². The van der Waals surface area contributed by atoms with Crippen molar-refractivity contribution in [3.05, 3.63) is 0 Å². The van der Waals surface area contributed by atoms with Crippen LogP contribution in [0.3, 0.4) is 0 Å². The van der Waals surface area contributed by atoms with Crippen LogP contribution in [0.25, 0.3) is 0 Å². The number of primary amides is 1. The Morgan fingerprint density at radius 1 is 0.848 bits per heavy atom. The molecule has 33 heavy (non-hydrogen) atoms. The number of carboxylic acid groups (broad SMARTS) is 1. The molecular weight excluding hydrogens is 436 g/mol. The van der Waals surface area contributed by atoms with E-state index in [1.165, 1.54) is 6.92 Å². The van der Waals surface area contributed by atoms with Gasteiger partial charge in [-0.15, -0.1) is 0 Å². The minimum absolute atomic E-state index is 0.166. The number of hydrogen-bond donors (Lipinski definition) is 8. The molecule has 0 aliphatic carbocycles. The standard InChI is InChI=1S/C20H38N6O7/c1-10(2)15(20(32)33)25-19(31)16(11(3)27)26-18(30)13(7-8-14(23)28)24-17(29)12(22)6-4-5-9-21/h10-13,15-16,27H,4-9,21-22H2,1-3H3,(H2,23,28)(H,24,29)(H,25,31)(H,26,30)(H,32,33). The summed E-state index contributed by atoms with van der Waals surface area (Å²) in [6.07, 6.45) is -0.181. The highest BCUT2D eigenvalue weighted by atomic mass is 16.4. The highest BCUT2D eigenvalue weighted by Crippen LogP contribution is 2.06. The maximum Gasteiger partial charge on any atom is 0.326 e. The van der Waals surface area contributed by atoms with E-state index in [0.717, 1.165) is 0 Å². The van der Waals surface area contributed by atoms with Crippen molar-refractivity contribution in [3.8, 4) is 0 Å². The van der Waals surface area contributed by atoms with E-state index < -0.39 is 65.8 Å². The third-order valence-corrected chi connectivity index (χ3v) is 4.91. The van der Waals surface area contributed by atoms with Crippen molar-refractivity contribution < 1.29 is 34.2 Å². The Labute approximate surface area is 193 Å². The average Bonchev–Trinajstić information content (AvgIpc) is 2.71. The second kappa shape index (κ2) is 15.1. The van der Waals surface area contributed by atoms with Crippen molar-refractivity contribution in [1.29, 1.82) is 0 Å². The number of aliphatic hydroxyl groups excluding tert-OH is 1. The smallest absolute Gasteiger partial charge is 0.326 e. The van der Waals surface area contributed by atoms with Gasteiger partial charge in [0, 0.05) is 6.42 Å². The molecule has 0 heterocycles. The Morgan fingerprint density at radius 2 is 1.42 bits per heavy atom. The highest BCUT2D eigenvalue weighted by Gasteiger charge is 2.33. The summed E-state index contributed by atoms with van der Waals surface area (Å²) in [5.74, 6) is -4.86. The largest absolute Gasteiger partial charge is 0.480 e. The van der Waals surface area contributed by atoms with Crippen LogP contribution in [-0.4, -0.2) is 76.6 Å². The number of nitrogens with one attached hydrogen (secondary N) is 3. The van der Waals surface area contributed by atoms with Gasteiger partial charge < -0.3 is 43.4 Å². The molecule has 13 nitrogen and oxygen atoms in total. The first-order valence-electron chi connectivity index (χ1n) is 10.9. The lowest BCUT2D eigenvalue weighted by molar-refractivity contribution is -0.144. The van der Waals surface area contributed by atoms with Crippen LogP contribution in [0.4, 0.5) is 0 Å². The summed E-state index contributed by atoms with van der Waals surface area (Å²) in [5.41, 5.74) is 16.4. The Balaban J connectivity index is 5.40. The van der Waals surface area contributed by atoms with Crippen molar-refractivity contribution in [3.63, 3.8) is 0 Å². The molecule has 0 radical (unpaired) electrons. The van der Waals surface area contributed by atoms with Gasteiger partial charge in [0.15, 0.2) is 0 Å². The molecule has 11 N–H and O–H groups in total. The number of nitrogens with two attached hydrogens (primary N) is 3. The summed E-state index contributed by atoms with van der Waals surface area (Å²) in [7, 11) is 0. The summed E-state index contributed by atoms with van der Waals surface area (Å²) in [6, 6.07) is -4.93. The number of unbranched alkanes of at least 4 members (excludes halogenated alkanes) is 1. The molecule has 0 aromatic heterocycles. The molecule has 13 heteroatoms. The zero-order chi connectivity index (χ0) is 25.7. The van der Waals surface area contributed by atoms with Crippen LogP contribution in [0.15, 0.2) is 0 Å². The number of aliphatic carboxylic acids is 1. The number of rotatable bonds is 16. The molecule has 190 valence electrons. The third kappa shape index (κ3) is 11.6. The average molecular weight is 475 g/mol. The van der Waals surface area contributed by atoms with Gasteiger partial charge in [0.1, 0.15) is 18.1 Å². The Bertz CT molecular complexity index is 686. The maximum atomic E-state index is 12.8. The minimum atomic E-state index is -1.51. The highest BCUT2D eigenvalue weighted by molar-refractivity contribution is 5.94. The van der Waals surface area contributed by atoms with Crippen LogP contribution < -0.4 is 33.2 Å². The number of carboxylic acids is 1. The first kappa shape index (κ1) is 30.2. The summed E-state index contributed by atoms with van der Waals surface area (Å²) >= 11 is 0. The van der Waals surface area contributed by atoms with E-state index in [1.54, 1.807) is 13.8 Å². The number of aliphatic hydroxyl groups is 1. The molecule has 0 spiro atoms. The molecule has 5 atom stereocenters. The van der Waals surface area contributed by atoms with Crippen LogP contribution in [-0.2, 0) is 24.0 Å². The molecule has 0 rings (SSSR count). The van der Waals surface area contributed by atoms with E-state index in [9.17, 15) is 34.2 Å². The van der Waals surface area contributed by atoms with Crippen molar-refractivity contribution in [2.24, 2.45) is 23.1 Å². The van der Waals surface area contributed by atoms with Gasteiger partial charge in [0.25, 0.3) is 0 Å². The molecule has 0 aliphatic rings. The van der Waals surface area contributed by atoms with Gasteiger partial charge in [0.05, 0.1) is 12.1 Å². The second-order valence-electron chi connectivity index (χ2n) is 8.25. The normalized spacial score (nSPS) is 15.6. The number of amides is 4. The van der Waals surface area contributed by atoms with Gasteiger partial charge in [-0.3, -0.25) is 19.2 Å². The molecule has 0 saturated heterocycles. The summed E-state index contributed by atoms with van der Waals surface area (Å²) in [5, 5.41) is 26.3. The van der Waals surface area contributed by atoms with Gasteiger partial charge in [-0.05, 0) is 38.6 Å². The lowest BCUT2D eigenvalue weighted by Crippen LogP contribution is -2.60. The van der Waals surface area contributed by atoms with E-state index in [1.807, 2.05) is 0 Å². The molecular formula is C20H38N6O7. The molecule has 0 aromatic rings. The maximum absolute atomic E-state index is 12.8. The van der Waals surface area contributed by atoms with E-state index in [-0.39, 0.29) is 12.8 Å². The van der Waals surface area contributed by atoms with E-state index in [0.29, 0.717) is 25.8 Å². The zero-order valence-electron chi connectivity index (χ0n) is 19.4. The molecule has 0 bridgehead atoms. The summed E-state index contributed by atoms with van der Waals surface area (Å²) in [6.45, 7) is 4.85. The van der Waals surface area contributed by atoms with Crippen LogP contribution in [0.1, 0.15) is 52.9 Å². The SMILES string of the molecule is CC(C)C(NC(=O)C(NC(=O)C(CCC(N)=O)NC(=O)C(N)CCCCN)C(C)O)C(=O)O. The Hall–Kier alpha value is -2.77. The zero-order valence-corrected chi connectivity index (χ0v) is 19.4. The fraction of sp³-hybridized carbons (Fsp3) is 0.750. The van der Waals surface area contributed by atoms with Crippen LogP contribution in [0.5, 0.6) is 0 Å². The second-order valence-corrected chi connectivity index (χ2v) is 8.25. The molecule has 0 fully saturated rings. The van der Waals surface area contributed by atoms with Crippen LogP contribution >= 0.6 is 0 Å². The monoisotopic (exact) mass is 474 g/mol. The van der Waals surface area contributed by atoms with E-state index in [2.05, 4.69) is 16.0 Å². The molecule has 5 unspecified atom stereocenters. The first-order chi connectivity index (χ1) is 15.3. The van der Waals surface area contributed by atoms with Gasteiger partial charge in [-0.25, -0.2) is 4.79 Å². The Morgan fingerprint density at radius 3 is 1.88 bits per heavy atom. The third-order valence-electron chi connectivity index (χ3n) is 4.91. The number of hydrogen-bond acceptors (Lipinski definition) is 8. The lowest BCUT2D eigenvalue weighted by atomic mass is 10.0. The van der Waals surface area contributed by atoms with E-state index in [4.69, 9.17) is 17.2 Å². The topological polar surface area (TPSA) is 240 Å². The number of carbonyl (C=O) groups excluding carboxylic acids is 4. The summed E-state index contributed by atoms with van der Waals surface area (Å²) < 4.78 is 0. The van der Waals surface area contributed by atoms with Crippen LogP contribution in [0, 0.1) is 5.92 Å². The molecule has 0 aromatic carbocycles. The minimum Gasteiger partial charge on any atom is -0.480 e. The Kier molecular flexibility index (Phi) is 13.9. The van der Waals surface area contributed by atoms with Gasteiger partial charge >= 0.3 is 5.97 Å². The van der Waals surface area contributed by atoms with Crippen molar-refractivity contribution >= 4 is 29.6 Å². The predicted molar refractivity (Wildman–Crippen MR) is 119 cm³/mol. The van der Waals surface area contributed by atoms with Crippen molar-refractivity contribution in [2.45, 2.75) is 83.1 Å². The summed E-state index contributed by atoms with van der Waals surface area (Å²) in [4.78, 5) is 60.3. The van der Waals surface area contributed by atoms with Crippen molar-refractivity contribution in [1.82, 2.24) is 16.0 Å². The van der Waals surface area contributed by atoms with Crippen molar-refractivity contribution in [2.75, 3.05) is 6.54 Å². The van der Waals surface area contributed by atoms with Gasteiger partial charge in [-0.1, -0.05) is 20.3 Å². The predicted octanol–water partition coefficient (Wildman–Crippen LogP) is -2.72. The molecule has 4 amide bonds. The quantitative estimate of drug-likeness (QED) is 0.108. The number of carbonyl (C=O) groups is 5. The van der Waals surface area contributed by atoms with Gasteiger partial charge in [0.2, 0.25) is 23.6 Å². The van der Waals surface area contributed by atoms with Gasteiger partial charge in [-0.2, -0.15) is 0 Å². The molecule has 0 aliphatic heterocycles. The van der Waals surface area contributed by atoms with Crippen LogP contribution in [0.2, 0.25) is 0 Å². The fourth-order valence-corrected chi connectivity index (χ4v) is 2.89. The molecule has 0 saturated carbocycles. The fourth-order valence-electron chi connectivity index (χ4n) is 2.89. The first-order valence-corrected chi connectivity index (χ1v) is 10.9. The lowest BCUT2D eigenvalue weighted by Gasteiger charge is -2.27.